The van der Waals surface area contributed by atoms with Crippen LogP contribution in [0.1, 0.15) is 10.5 Å². The van der Waals surface area contributed by atoms with Crippen LogP contribution in [0, 0.1) is 16.2 Å². The molecule has 0 saturated heterocycles. The Morgan fingerprint density at radius 2 is 1.76 bits per heavy atom. The number of non-ortho nitro benzene ring substituents is 1. The molecule has 0 aliphatic carbocycles. The molecule has 0 bridgehead atoms. The molecule has 0 unspecified atom stereocenters. The standard InChI is InChI=1S/C11H7N2O2.C6H5NO2.Ir/c14-13(15)10-5-3-4-9(8-10)11-6-1-2-7-12-11;8-6(9)5-3-1-2-4-7-5;/h1-3,5-8H;1-4H,(H,8,9);/q-1;;. The summed E-state index contributed by atoms with van der Waals surface area (Å²) in [6.45, 7) is 0. The van der Waals surface area contributed by atoms with Crippen LogP contribution in [0.5, 0.6) is 0 Å². The molecule has 0 amide bonds. The Morgan fingerprint density at radius 3 is 2.24 bits per heavy atom. The van der Waals surface area contributed by atoms with Crippen LogP contribution >= 0.6 is 0 Å². The van der Waals surface area contributed by atoms with Crippen LogP contribution in [0.15, 0.2) is 67.0 Å². The second-order valence-corrected chi connectivity index (χ2v) is 4.45. The van der Waals surface area contributed by atoms with Crippen LogP contribution < -0.4 is 0 Å². The van der Waals surface area contributed by atoms with Gasteiger partial charge < -0.3 is 10.1 Å². The Labute approximate surface area is 156 Å². The molecule has 0 atom stereocenters. The number of nitro groups is 1. The van der Waals surface area contributed by atoms with Gasteiger partial charge in [-0.15, -0.1) is 17.7 Å². The average molecular weight is 515 g/mol. The van der Waals surface area contributed by atoms with E-state index in [1.165, 1.54) is 30.5 Å². The van der Waals surface area contributed by atoms with Crippen molar-refractivity contribution in [1.29, 1.82) is 0 Å². The average Bonchev–Trinajstić information content (AvgIpc) is 2.64. The number of aromatic carboxylic acids is 1. The zero-order valence-corrected chi connectivity index (χ0v) is 15.1. The van der Waals surface area contributed by atoms with E-state index in [0.717, 1.165) is 0 Å². The molecule has 7 nitrogen and oxygen atoms in total. The second kappa shape index (κ2) is 10.0. The minimum atomic E-state index is -0.990. The Morgan fingerprint density at radius 1 is 1.08 bits per heavy atom. The minimum absolute atomic E-state index is 0. The molecule has 2 aromatic heterocycles. The van der Waals surface area contributed by atoms with Crippen LogP contribution in [-0.2, 0) is 20.1 Å². The first-order valence-electron chi connectivity index (χ1n) is 6.80. The monoisotopic (exact) mass is 515 g/mol. The zero-order chi connectivity index (χ0) is 17.4. The Kier molecular flexibility index (Phi) is 8.05. The molecule has 2 heterocycles. The number of carboxylic acid groups (broad SMARTS) is 1. The van der Waals surface area contributed by atoms with Crippen LogP contribution in [-0.4, -0.2) is 26.0 Å². The normalized spacial score (nSPS) is 9.12. The summed E-state index contributed by atoms with van der Waals surface area (Å²) >= 11 is 0. The predicted octanol–water partition coefficient (Wildman–Crippen LogP) is 3.23. The summed E-state index contributed by atoms with van der Waals surface area (Å²) < 4.78 is 0. The van der Waals surface area contributed by atoms with Gasteiger partial charge in [0.05, 0.1) is 0 Å². The summed E-state index contributed by atoms with van der Waals surface area (Å²) in [4.78, 5) is 27.9. The van der Waals surface area contributed by atoms with Crippen LogP contribution in [0.2, 0.25) is 0 Å². The molecule has 0 saturated carbocycles. The van der Waals surface area contributed by atoms with Crippen molar-refractivity contribution in [1.82, 2.24) is 9.97 Å². The molecule has 0 fully saturated rings. The molecule has 8 heteroatoms. The van der Waals surface area contributed by atoms with Gasteiger partial charge in [0.2, 0.25) is 0 Å². The van der Waals surface area contributed by atoms with E-state index in [2.05, 4.69) is 16.0 Å². The van der Waals surface area contributed by atoms with Gasteiger partial charge in [0.1, 0.15) is 5.69 Å². The summed E-state index contributed by atoms with van der Waals surface area (Å²) in [5, 5.41) is 18.9. The summed E-state index contributed by atoms with van der Waals surface area (Å²) in [5.74, 6) is -0.990. The van der Waals surface area contributed by atoms with Crippen molar-refractivity contribution in [2.75, 3.05) is 0 Å². The zero-order valence-electron chi connectivity index (χ0n) is 12.7. The van der Waals surface area contributed by atoms with Crippen molar-refractivity contribution >= 4 is 11.7 Å². The number of nitro benzene ring substituents is 1. The van der Waals surface area contributed by atoms with E-state index in [9.17, 15) is 14.9 Å². The van der Waals surface area contributed by atoms with E-state index >= 15 is 0 Å². The topological polar surface area (TPSA) is 106 Å². The van der Waals surface area contributed by atoms with Crippen LogP contribution in [0.3, 0.4) is 0 Å². The number of carboxylic acids is 1. The number of nitrogens with zero attached hydrogens (tertiary/aromatic N) is 3. The number of hydrogen-bond acceptors (Lipinski definition) is 5. The van der Waals surface area contributed by atoms with E-state index in [4.69, 9.17) is 5.11 Å². The molecule has 0 spiro atoms. The largest absolute Gasteiger partial charge is 0.477 e. The molecule has 1 radical (unpaired) electrons. The van der Waals surface area contributed by atoms with E-state index in [0.29, 0.717) is 11.3 Å². The smallest absolute Gasteiger partial charge is 0.354 e. The van der Waals surface area contributed by atoms with Crippen molar-refractivity contribution in [3.8, 4) is 11.3 Å². The first-order valence-corrected chi connectivity index (χ1v) is 6.80. The van der Waals surface area contributed by atoms with E-state index in [1.807, 2.05) is 6.07 Å². The van der Waals surface area contributed by atoms with Gasteiger partial charge in [-0.1, -0.05) is 30.3 Å². The van der Waals surface area contributed by atoms with Gasteiger partial charge in [0.15, 0.2) is 5.69 Å². The third-order valence-electron chi connectivity index (χ3n) is 2.82. The van der Waals surface area contributed by atoms with Gasteiger partial charge in [0.25, 0.3) is 0 Å². The third-order valence-corrected chi connectivity index (χ3v) is 2.82. The van der Waals surface area contributed by atoms with Crippen molar-refractivity contribution < 1.29 is 34.9 Å². The van der Waals surface area contributed by atoms with Crippen molar-refractivity contribution in [2.45, 2.75) is 0 Å². The maximum atomic E-state index is 10.6. The summed E-state index contributed by atoms with van der Waals surface area (Å²) in [6.07, 6.45) is 3.09. The van der Waals surface area contributed by atoms with Crippen molar-refractivity contribution in [2.24, 2.45) is 0 Å². The molecule has 129 valence electrons. The number of benzene rings is 1. The molecule has 25 heavy (non-hydrogen) atoms. The molecule has 0 aliphatic heterocycles. The molecule has 1 N–H and O–H groups in total. The first-order chi connectivity index (χ1) is 11.6. The number of aromatic nitrogens is 2. The molecule has 3 aromatic rings. The number of carbonyl (C=O) groups is 1. The molecule has 3 rings (SSSR count). The van der Waals surface area contributed by atoms with Crippen molar-refractivity contribution in [3.63, 3.8) is 0 Å². The predicted molar refractivity (Wildman–Crippen MR) is 86.4 cm³/mol. The van der Waals surface area contributed by atoms with E-state index in [1.54, 1.807) is 30.5 Å². The SMILES string of the molecule is O=C(O)c1ccccn1.O=[N+]([O-])c1cc[c-]c(-c2ccccn2)c1.[Ir]. The fourth-order valence-electron chi connectivity index (χ4n) is 1.73. The van der Waals surface area contributed by atoms with Gasteiger partial charge in [-0.2, -0.15) is 0 Å². The molecule has 0 aliphatic rings. The fourth-order valence-corrected chi connectivity index (χ4v) is 1.73. The Balaban J connectivity index is 0.000000270. The van der Waals surface area contributed by atoms with E-state index < -0.39 is 10.9 Å². The van der Waals surface area contributed by atoms with E-state index in [-0.39, 0.29) is 31.5 Å². The fraction of sp³-hybridized carbons (Fsp3) is 0. The summed E-state index contributed by atoms with van der Waals surface area (Å²) in [6, 6.07) is 17.5. The first kappa shape index (κ1) is 20.1. The van der Waals surface area contributed by atoms with Crippen LogP contribution in [0.25, 0.3) is 11.3 Å². The number of pyridine rings is 2. The molecular formula is C17H12IrN3O4-. The van der Waals surface area contributed by atoms with Gasteiger partial charge in [0, 0.05) is 37.4 Å². The summed E-state index contributed by atoms with van der Waals surface area (Å²) in [7, 11) is 0. The quantitative estimate of drug-likeness (QED) is 0.327. The maximum absolute atomic E-state index is 10.6. The molecule has 1 aromatic carbocycles. The van der Waals surface area contributed by atoms with Crippen LogP contribution in [0.4, 0.5) is 5.69 Å². The van der Waals surface area contributed by atoms with Gasteiger partial charge in [-0.25, -0.2) is 9.78 Å². The van der Waals surface area contributed by atoms with Gasteiger partial charge >= 0.3 is 5.97 Å². The van der Waals surface area contributed by atoms with Crippen molar-refractivity contribution in [3.05, 3.63) is 88.9 Å². The van der Waals surface area contributed by atoms with Gasteiger partial charge in [-0.05, 0) is 23.9 Å². The summed E-state index contributed by atoms with van der Waals surface area (Å²) in [5.41, 5.74) is 1.44. The molecular weight excluding hydrogens is 502 g/mol. The second-order valence-electron chi connectivity index (χ2n) is 4.45. The Bertz CT molecular complexity index is 830. The minimum Gasteiger partial charge on any atom is -0.477 e. The Hall–Kier alpha value is -2.96. The third kappa shape index (κ3) is 6.21. The number of hydrogen-bond donors (Lipinski definition) is 1. The maximum Gasteiger partial charge on any atom is 0.354 e. The number of rotatable bonds is 3. The van der Waals surface area contributed by atoms with Gasteiger partial charge in [-0.3, -0.25) is 10.1 Å².